The number of likely N-dealkylation sites (tertiary alicyclic amines) is 1. The van der Waals surface area contributed by atoms with Crippen molar-refractivity contribution in [1.82, 2.24) is 4.90 Å². The summed E-state index contributed by atoms with van der Waals surface area (Å²) in [5.74, 6) is -1.54. The van der Waals surface area contributed by atoms with Gasteiger partial charge in [-0.1, -0.05) is 30.3 Å². The Bertz CT molecular complexity index is 772. The third-order valence-corrected chi connectivity index (χ3v) is 5.86. The van der Waals surface area contributed by atoms with Gasteiger partial charge in [0.2, 0.25) is 0 Å². The number of rotatable bonds is 3. The van der Waals surface area contributed by atoms with Crippen molar-refractivity contribution in [2.75, 3.05) is 13.1 Å². The number of carboxylic acid groups (broad SMARTS) is 1. The summed E-state index contributed by atoms with van der Waals surface area (Å²) in [6.07, 6.45) is 1.14. The second-order valence-corrected chi connectivity index (χ2v) is 7.62. The lowest BCUT2D eigenvalue weighted by atomic mass is 10.0. The molecule has 2 atom stereocenters. The van der Waals surface area contributed by atoms with Crippen LogP contribution in [-0.2, 0) is 4.79 Å². The van der Waals surface area contributed by atoms with Crippen molar-refractivity contribution in [1.29, 1.82) is 0 Å². The van der Waals surface area contributed by atoms with E-state index in [4.69, 9.17) is 5.73 Å². The zero-order valence-corrected chi connectivity index (χ0v) is 15.0. The minimum atomic E-state index is -0.862. The predicted molar refractivity (Wildman–Crippen MR) is 98.7 cm³/mol. The molecule has 132 valence electrons. The number of aryl methyl sites for hydroxylation is 1. The Labute approximate surface area is 151 Å². The van der Waals surface area contributed by atoms with Gasteiger partial charge in [-0.15, -0.1) is 11.3 Å². The van der Waals surface area contributed by atoms with E-state index in [-0.39, 0.29) is 18.5 Å². The fraction of sp³-hybridized carbons (Fsp3) is 0.368. The van der Waals surface area contributed by atoms with Crippen molar-refractivity contribution in [2.24, 2.45) is 11.7 Å². The van der Waals surface area contributed by atoms with E-state index in [2.05, 4.69) is 0 Å². The largest absolute Gasteiger partial charge is 0.481 e. The van der Waals surface area contributed by atoms with Crippen molar-refractivity contribution in [3.05, 3.63) is 46.8 Å². The highest BCUT2D eigenvalue weighted by Gasteiger charge is 2.30. The molecule has 1 fully saturated rings. The van der Waals surface area contributed by atoms with Crippen LogP contribution in [-0.4, -0.2) is 41.0 Å². The van der Waals surface area contributed by atoms with Crippen molar-refractivity contribution >= 4 is 23.2 Å². The molecule has 2 aromatic rings. The van der Waals surface area contributed by atoms with Gasteiger partial charge in [-0.3, -0.25) is 9.59 Å². The fourth-order valence-electron chi connectivity index (χ4n) is 3.21. The minimum absolute atomic E-state index is 0.126. The fourth-order valence-corrected chi connectivity index (χ4v) is 4.35. The van der Waals surface area contributed by atoms with E-state index in [0.29, 0.717) is 24.3 Å². The average Bonchev–Trinajstić information content (AvgIpc) is 2.87. The van der Waals surface area contributed by atoms with Gasteiger partial charge in [0.15, 0.2) is 0 Å². The molecule has 1 aromatic carbocycles. The van der Waals surface area contributed by atoms with Gasteiger partial charge in [0.25, 0.3) is 5.91 Å². The van der Waals surface area contributed by atoms with Gasteiger partial charge in [0, 0.05) is 24.0 Å². The molecule has 0 radical (unpaired) electrons. The van der Waals surface area contributed by atoms with Crippen LogP contribution in [0.1, 0.15) is 28.1 Å². The van der Waals surface area contributed by atoms with E-state index < -0.39 is 11.9 Å². The minimum Gasteiger partial charge on any atom is -0.481 e. The second-order valence-electron chi connectivity index (χ2n) is 6.57. The molecule has 2 heterocycles. The lowest BCUT2D eigenvalue weighted by Crippen LogP contribution is -2.41. The van der Waals surface area contributed by atoms with Crippen LogP contribution in [0, 0.1) is 12.8 Å². The SMILES string of the molecule is Cc1cc(C(=O)N2C[C@H](N)CC[C@H](C(=O)O)C2)sc1-c1ccccc1. The highest BCUT2D eigenvalue weighted by molar-refractivity contribution is 7.17. The summed E-state index contributed by atoms with van der Waals surface area (Å²) in [7, 11) is 0. The second kappa shape index (κ2) is 7.37. The molecule has 1 aromatic heterocycles. The predicted octanol–water partition coefficient (Wildman–Crippen LogP) is 2.99. The number of aliphatic carboxylic acids is 1. The number of carbonyl (C=O) groups is 2. The van der Waals surface area contributed by atoms with Gasteiger partial charge in [-0.2, -0.15) is 0 Å². The Morgan fingerprint density at radius 2 is 1.92 bits per heavy atom. The van der Waals surface area contributed by atoms with Crippen LogP contribution >= 0.6 is 11.3 Å². The van der Waals surface area contributed by atoms with Crippen LogP contribution < -0.4 is 5.73 Å². The molecule has 0 spiro atoms. The normalized spacial score (nSPS) is 21.0. The lowest BCUT2D eigenvalue weighted by Gasteiger charge is -2.23. The van der Waals surface area contributed by atoms with E-state index in [0.717, 1.165) is 16.0 Å². The molecule has 3 rings (SSSR count). The zero-order chi connectivity index (χ0) is 18.0. The maximum Gasteiger partial charge on any atom is 0.308 e. The van der Waals surface area contributed by atoms with Crippen molar-refractivity contribution < 1.29 is 14.7 Å². The van der Waals surface area contributed by atoms with Crippen LogP contribution in [0.15, 0.2) is 36.4 Å². The molecule has 5 nitrogen and oxygen atoms in total. The summed E-state index contributed by atoms with van der Waals surface area (Å²) in [4.78, 5) is 27.6. The number of benzene rings is 1. The van der Waals surface area contributed by atoms with Gasteiger partial charge < -0.3 is 15.7 Å². The van der Waals surface area contributed by atoms with Crippen LogP contribution in [0.2, 0.25) is 0 Å². The monoisotopic (exact) mass is 358 g/mol. The molecule has 1 aliphatic heterocycles. The number of carboxylic acids is 1. The quantitative estimate of drug-likeness (QED) is 0.883. The molecule has 1 saturated heterocycles. The van der Waals surface area contributed by atoms with E-state index >= 15 is 0 Å². The van der Waals surface area contributed by atoms with E-state index in [1.54, 1.807) is 4.90 Å². The Balaban J connectivity index is 1.86. The molecule has 0 saturated carbocycles. The van der Waals surface area contributed by atoms with E-state index in [9.17, 15) is 14.7 Å². The third kappa shape index (κ3) is 3.91. The first-order valence-corrected chi connectivity index (χ1v) is 9.21. The Hall–Kier alpha value is -2.18. The number of hydrogen-bond acceptors (Lipinski definition) is 4. The first-order chi connectivity index (χ1) is 12.0. The summed E-state index contributed by atoms with van der Waals surface area (Å²) < 4.78 is 0. The van der Waals surface area contributed by atoms with Crippen LogP contribution in [0.5, 0.6) is 0 Å². The smallest absolute Gasteiger partial charge is 0.308 e. The Kier molecular flexibility index (Phi) is 5.20. The number of nitrogens with zero attached hydrogens (tertiary/aromatic N) is 1. The summed E-state index contributed by atoms with van der Waals surface area (Å²) in [6.45, 7) is 2.61. The third-order valence-electron chi connectivity index (χ3n) is 4.58. The van der Waals surface area contributed by atoms with Gasteiger partial charge in [0.05, 0.1) is 10.8 Å². The number of hydrogen-bond donors (Lipinski definition) is 2. The van der Waals surface area contributed by atoms with Crippen LogP contribution in [0.25, 0.3) is 10.4 Å². The first kappa shape index (κ1) is 17.6. The average molecular weight is 358 g/mol. The maximum absolute atomic E-state index is 13.0. The molecule has 25 heavy (non-hydrogen) atoms. The molecular weight excluding hydrogens is 336 g/mol. The van der Waals surface area contributed by atoms with Crippen LogP contribution in [0.4, 0.5) is 0 Å². The van der Waals surface area contributed by atoms with Crippen molar-refractivity contribution in [3.63, 3.8) is 0 Å². The number of thiophene rings is 1. The Morgan fingerprint density at radius 3 is 2.60 bits per heavy atom. The number of carbonyl (C=O) groups excluding carboxylic acids is 1. The number of amides is 1. The highest BCUT2D eigenvalue weighted by atomic mass is 32.1. The standard InChI is InChI=1S/C19H22N2O3S/c1-12-9-16(25-17(12)13-5-3-2-4-6-13)18(22)21-10-14(19(23)24)7-8-15(20)11-21/h2-6,9,14-15H,7-8,10-11,20H2,1H3,(H,23,24)/t14-,15+/m0/s1. The molecule has 3 N–H and O–H groups in total. The van der Waals surface area contributed by atoms with E-state index in [1.165, 1.54) is 11.3 Å². The molecule has 0 aliphatic carbocycles. The summed E-state index contributed by atoms with van der Waals surface area (Å²) in [6, 6.07) is 11.7. The summed E-state index contributed by atoms with van der Waals surface area (Å²) >= 11 is 1.45. The zero-order valence-electron chi connectivity index (χ0n) is 14.1. The van der Waals surface area contributed by atoms with Gasteiger partial charge >= 0.3 is 5.97 Å². The molecular formula is C19H22N2O3S. The van der Waals surface area contributed by atoms with Gasteiger partial charge in [0.1, 0.15) is 0 Å². The molecule has 1 aliphatic rings. The van der Waals surface area contributed by atoms with Gasteiger partial charge in [-0.25, -0.2) is 0 Å². The summed E-state index contributed by atoms with van der Waals surface area (Å²) in [5.41, 5.74) is 8.18. The Morgan fingerprint density at radius 1 is 1.20 bits per heavy atom. The number of nitrogens with two attached hydrogens (primary N) is 1. The molecule has 0 bridgehead atoms. The molecule has 0 unspecified atom stereocenters. The highest BCUT2D eigenvalue weighted by Crippen LogP contribution is 2.33. The molecule has 6 heteroatoms. The molecule has 1 amide bonds. The summed E-state index contributed by atoms with van der Waals surface area (Å²) in [5, 5.41) is 9.34. The first-order valence-electron chi connectivity index (χ1n) is 8.39. The maximum atomic E-state index is 13.0. The van der Waals surface area contributed by atoms with E-state index in [1.807, 2.05) is 43.3 Å². The van der Waals surface area contributed by atoms with Gasteiger partial charge in [-0.05, 0) is 37.0 Å². The van der Waals surface area contributed by atoms with Crippen molar-refractivity contribution in [3.8, 4) is 10.4 Å². The van der Waals surface area contributed by atoms with Crippen molar-refractivity contribution in [2.45, 2.75) is 25.8 Å². The lowest BCUT2D eigenvalue weighted by molar-refractivity contribution is -0.142. The van der Waals surface area contributed by atoms with Crippen LogP contribution in [0.3, 0.4) is 0 Å². The topological polar surface area (TPSA) is 83.6 Å².